The topological polar surface area (TPSA) is 43.4 Å². The first-order valence-electron chi connectivity index (χ1n) is 7.46. The number of ketones is 1. The molecule has 0 amide bonds. The lowest BCUT2D eigenvalue weighted by molar-refractivity contribution is -0.144. The first-order chi connectivity index (χ1) is 8.79. The highest BCUT2D eigenvalue weighted by atomic mass is 16.5. The summed E-state index contributed by atoms with van der Waals surface area (Å²) in [7, 11) is 0. The van der Waals surface area contributed by atoms with Crippen LogP contribution in [0.15, 0.2) is 0 Å². The molecule has 0 N–H and O–H groups in total. The van der Waals surface area contributed by atoms with Gasteiger partial charge in [0, 0.05) is 19.3 Å². The van der Waals surface area contributed by atoms with Crippen LogP contribution < -0.4 is 0 Å². The smallest absolute Gasteiger partial charge is 0.305 e. The van der Waals surface area contributed by atoms with Gasteiger partial charge >= 0.3 is 5.97 Å². The van der Waals surface area contributed by atoms with Crippen LogP contribution in [0.2, 0.25) is 0 Å². The van der Waals surface area contributed by atoms with Gasteiger partial charge in [0.1, 0.15) is 5.78 Å². The molecule has 0 saturated carbocycles. The highest BCUT2D eigenvalue weighted by molar-refractivity contribution is 5.78. The standard InChI is InChI=1S/C15H26O3/c16-14-10-6-3-1-2-4-8-12-15(17)18-13-9-5-7-11-14/h1-13H2. The van der Waals surface area contributed by atoms with E-state index >= 15 is 0 Å². The van der Waals surface area contributed by atoms with E-state index in [0.717, 1.165) is 51.4 Å². The fraction of sp³-hybridized carbons (Fsp3) is 0.867. The molecule has 3 nitrogen and oxygen atoms in total. The molecule has 1 fully saturated rings. The summed E-state index contributed by atoms with van der Waals surface area (Å²) in [4.78, 5) is 22.9. The molecule has 1 aliphatic rings. The quantitative estimate of drug-likeness (QED) is 0.618. The molecule has 0 atom stereocenters. The van der Waals surface area contributed by atoms with Crippen molar-refractivity contribution in [3.05, 3.63) is 0 Å². The number of Topliss-reactive ketones (excluding diaryl/α,β-unsaturated/α-hetero) is 1. The number of cyclic esters (lactones) is 1. The average molecular weight is 254 g/mol. The van der Waals surface area contributed by atoms with E-state index in [1.54, 1.807) is 0 Å². The number of carbonyl (C=O) groups excluding carboxylic acids is 2. The number of hydrogen-bond acceptors (Lipinski definition) is 3. The molecule has 104 valence electrons. The van der Waals surface area contributed by atoms with Gasteiger partial charge in [0.05, 0.1) is 6.61 Å². The summed E-state index contributed by atoms with van der Waals surface area (Å²) in [6.07, 6.45) is 11.4. The average Bonchev–Trinajstić information content (AvgIpc) is 2.35. The van der Waals surface area contributed by atoms with Crippen molar-refractivity contribution < 1.29 is 14.3 Å². The summed E-state index contributed by atoms with van der Waals surface area (Å²) in [5, 5.41) is 0. The monoisotopic (exact) mass is 254 g/mol. The van der Waals surface area contributed by atoms with Crippen LogP contribution in [-0.4, -0.2) is 18.4 Å². The Kier molecular flexibility index (Phi) is 8.53. The summed E-state index contributed by atoms with van der Waals surface area (Å²) >= 11 is 0. The molecule has 1 saturated heterocycles. The zero-order valence-corrected chi connectivity index (χ0v) is 11.4. The molecule has 0 aromatic rings. The summed E-state index contributed by atoms with van der Waals surface area (Å²) < 4.78 is 5.15. The first kappa shape index (κ1) is 15.2. The molecular weight excluding hydrogens is 228 g/mol. The van der Waals surface area contributed by atoms with E-state index in [4.69, 9.17) is 4.74 Å². The highest BCUT2D eigenvalue weighted by Crippen LogP contribution is 2.12. The summed E-state index contributed by atoms with van der Waals surface area (Å²) in [5.41, 5.74) is 0. The second-order valence-corrected chi connectivity index (χ2v) is 5.19. The maximum atomic E-state index is 11.5. The van der Waals surface area contributed by atoms with Gasteiger partial charge in [-0.15, -0.1) is 0 Å². The number of ether oxygens (including phenoxy) is 1. The van der Waals surface area contributed by atoms with Crippen molar-refractivity contribution in [2.45, 2.75) is 77.0 Å². The second kappa shape index (κ2) is 10.1. The minimum absolute atomic E-state index is 0.0572. The van der Waals surface area contributed by atoms with Crippen molar-refractivity contribution in [3.8, 4) is 0 Å². The van der Waals surface area contributed by atoms with Gasteiger partial charge in [-0.1, -0.05) is 25.7 Å². The Bertz CT molecular complexity index is 222. The number of carbonyl (C=O) groups is 2. The molecule has 18 heavy (non-hydrogen) atoms. The lowest BCUT2D eigenvalue weighted by atomic mass is 10.0. The van der Waals surface area contributed by atoms with Crippen LogP contribution in [-0.2, 0) is 14.3 Å². The summed E-state index contributed by atoms with van der Waals surface area (Å²) in [6, 6.07) is 0. The van der Waals surface area contributed by atoms with Crippen LogP contribution in [0.1, 0.15) is 77.0 Å². The van der Waals surface area contributed by atoms with Crippen molar-refractivity contribution in [1.82, 2.24) is 0 Å². The van der Waals surface area contributed by atoms with Crippen LogP contribution >= 0.6 is 0 Å². The van der Waals surface area contributed by atoms with Crippen LogP contribution in [0.3, 0.4) is 0 Å². The lowest BCUT2D eigenvalue weighted by Crippen LogP contribution is -2.06. The SMILES string of the molecule is O=C1CCCCCCCCC(=O)OCCCCC1. The van der Waals surface area contributed by atoms with E-state index in [0.29, 0.717) is 25.2 Å². The molecule has 1 heterocycles. The van der Waals surface area contributed by atoms with Crippen molar-refractivity contribution in [2.75, 3.05) is 6.61 Å². The molecule has 0 unspecified atom stereocenters. The first-order valence-corrected chi connectivity index (χ1v) is 7.46. The fourth-order valence-electron chi connectivity index (χ4n) is 2.28. The number of hydrogen-bond donors (Lipinski definition) is 0. The maximum Gasteiger partial charge on any atom is 0.305 e. The Morgan fingerprint density at radius 2 is 1.11 bits per heavy atom. The molecular formula is C15H26O3. The normalized spacial score (nSPS) is 22.4. The summed E-state index contributed by atoms with van der Waals surface area (Å²) in [6.45, 7) is 0.521. The molecule has 0 aliphatic carbocycles. The van der Waals surface area contributed by atoms with E-state index in [-0.39, 0.29) is 5.97 Å². The third-order valence-electron chi connectivity index (χ3n) is 3.45. The van der Waals surface area contributed by atoms with Crippen molar-refractivity contribution in [3.63, 3.8) is 0 Å². The zero-order chi connectivity index (χ0) is 13.1. The minimum Gasteiger partial charge on any atom is -0.466 e. The Labute approximate surface area is 110 Å². The van der Waals surface area contributed by atoms with Crippen molar-refractivity contribution >= 4 is 11.8 Å². The van der Waals surface area contributed by atoms with Crippen LogP contribution in [0.5, 0.6) is 0 Å². The Morgan fingerprint density at radius 3 is 1.78 bits per heavy atom. The van der Waals surface area contributed by atoms with Crippen molar-refractivity contribution in [2.24, 2.45) is 0 Å². The molecule has 0 aromatic carbocycles. The predicted molar refractivity (Wildman–Crippen MR) is 71.4 cm³/mol. The van der Waals surface area contributed by atoms with Gasteiger partial charge in [0.25, 0.3) is 0 Å². The maximum absolute atomic E-state index is 11.5. The lowest BCUT2D eigenvalue weighted by Gasteiger charge is -2.06. The second-order valence-electron chi connectivity index (χ2n) is 5.19. The Balaban J connectivity index is 2.21. The van der Waals surface area contributed by atoms with Gasteiger partial charge < -0.3 is 4.74 Å². The van der Waals surface area contributed by atoms with E-state index < -0.39 is 0 Å². The molecule has 0 aromatic heterocycles. The fourth-order valence-corrected chi connectivity index (χ4v) is 2.28. The third kappa shape index (κ3) is 8.26. The molecule has 1 aliphatic heterocycles. The van der Waals surface area contributed by atoms with E-state index in [1.165, 1.54) is 12.8 Å². The third-order valence-corrected chi connectivity index (χ3v) is 3.45. The van der Waals surface area contributed by atoms with Gasteiger partial charge in [-0.3, -0.25) is 9.59 Å². The van der Waals surface area contributed by atoms with E-state index in [2.05, 4.69) is 0 Å². The Morgan fingerprint density at radius 1 is 0.611 bits per heavy atom. The van der Waals surface area contributed by atoms with Crippen molar-refractivity contribution in [1.29, 1.82) is 0 Å². The van der Waals surface area contributed by atoms with Gasteiger partial charge in [0.2, 0.25) is 0 Å². The van der Waals surface area contributed by atoms with Crippen LogP contribution in [0.25, 0.3) is 0 Å². The highest BCUT2D eigenvalue weighted by Gasteiger charge is 2.05. The van der Waals surface area contributed by atoms with E-state index in [9.17, 15) is 9.59 Å². The number of esters is 1. The molecule has 3 heteroatoms. The van der Waals surface area contributed by atoms with Gasteiger partial charge in [0.15, 0.2) is 0 Å². The zero-order valence-electron chi connectivity index (χ0n) is 11.4. The summed E-state index contributed by atoms with van der Waals surface area (Å²) in [5.74, 6) is 0.345. The number of rotatable bonds is 0. The predicted octanol–water partition coefficient (Wildman–Crippen LogP) is 3.79. The Hall–Kier alpha value is -0.860. The molecule has 0 bridgehead atoms. The van der Waals surface area contributed by atoms with Crippen LogP contribution in [0, 0.1) is 0 Å². The largest absolute Gasteiger partial charge is 0.466 e. The molecule has 1 rings (SSSR count). The minimum atomic E-state index is -0.0572. The van der Waals surface area contributed by atoms with E-state index in [1.807, 2.05) is 0 Å². The van der Waals surface area contributed by atoms with Gasteiger partial charge in [-0.05, 0) is 32.1 Å². The van der Waals surface area contributed by atoms with Gasteiger partial charge in [-0.25, -0.2) is 0 Å². The van der Waals surface area contributed by atoms with Gasteiger partial charge in [-0.2, -0.15) is 0 Å². The van der Waals surface area contributed by atoms with Crippen LogP contribution in [0.4, 0.5) is 0 Å². The molecule has 0 radical (unpaired) electrons. The molecule has 0 spiro atoms.